The Morgan fingerprint density at radius 2 is 2.00 bits per heavy atom. The molecule has 0 unspecified atom stereocenters. The molecule has 0 spiro atoms. The zero-order valence-electron chi connectivity index (χ0n) is 12.0. The second-order valence-corrected chi connectivity index (χ2v) is 6.32. The van der Waals surface area contributed by atoms with E-state index in [1.165, 1.54) is 0 Å². The van der Waals surface area contributed by atoms with Crippen molar-refractivity contribution in [2.75, 3.05) is 32.7 Å². The summed E-state index contributed by atoms with van der Waals surface area (Å²) in [6.07, 6.45) is -0.314. The van der Waals surface area contributed by atoms with E-state index in [4.69, 9.17) is 0 Å². The molecule has 1 amide bonds. The fourth-order valence-electron chi connectivity index (χ4n) is 2.54. The Morgan fingerprint density at radius 3 is 2.55 bits per heavy atom. The predicted molar refractivity (Wildman–Crippen MR) is 82.9 cm³/mol. The lowest BCUT2D eigenvalue weighted by Gasteiger charge is -2.35. The first-order chi connectivity index (χ1) is 9.47. The summed E-state index contributed by atoms with van der Waals surface area (Å²) in [4.78, 5) is 16.6. The van der Waals surface area contributed by atoms with Gasteiger partial charge in [-0.3, -0.25) is 9.69 Å². The van der Waals surface area contributed by atoms with Crippen LogP contribution in [0.3, 0.4) is 0 Å². The lowest BCUT2D eigenvalue weighted by Crippen LogP contribution is -2.50. The van der Waals surface area contributed by atoms with Crippen molar-refractivity contribution < 1.29 is 9.90 Å². The lowest BCUT2D eigenvalue weighted by molar-refractivity contribution is 0.0553. The van der Waals surface area contributed by atoms with Crippen LogP contribution >= 0.6 is 15.9 Å². The molecule has 5 heteroatoms. The molecule has 1 aliphatic heterocycles. The van der Waals surface area contributed by atoms with Crippen LogP contribution in [-0.2, 0) is 0 Å². The second kappa shape index (κ2) is 6.70. The van der Waals surface area contributed by atoms with Crippen LogP contribution < -0.4 is 0 Å². The summed E-state index contributed by atoms with van der Waals surface area (Å²) in [7, 11) is 0. The number of benzene rings is 1. The monoisotopic (exact) mass is 340 g/mol. The minimum Gasteiger partial charge on any atom is -0.392 e. The molecule has 1 atom stereocenters. The quantitative estimate of drug-likeness (QED) is 0.913. The number of nitrogens with zero attached hydrogens (tertiary/aromatic N) is 2. The molecule has 110 valence electrons. The van der Waals surface area contributed by atoms with Crippen LogP contribution in [0.15, 0.2) is 22.7 Å². The molecule has 1 fully saturated rings. The van der Waals surface area contributed by atoms with Crippen LogP contribution in [0.4, 0.5) is 0 Å². The molecule has 0 aliphatic carbocycles. The molecule has 1 aliphatic rings. The van der Waals surface area contributed by atoms with Crippen molar-refractivity contribution in [2.24, 2.45) is 0 Å². The number of aliphatic hydroxyl groups excluding tert-OH is 1. The number of hydrogen-bond donors (Lipinski definition) is 1. The van der Waals surface area contributed by atoms with Crippen molar-refractivity contribution in [2.45, 2.75) is 20.0 Å². The lowest BCUT2D eigenvalue weighted by atomic mass is 10.1. The number of carbonyl (C=O) groups excluding carboxylic acids is 1. The van der Waals surface area contributed by atoms with Crippen molar-refractivity contribution in [1.29, 1.82) is 0 Å². The third-order valence-corrected chi connectivity index (χ3v) is 4.09. The normalized spacial score (nSPS) is 18.1. The van der Waals surface area contributed by atoms with E-state index in [2.05, 4.69) is 20.8 Å². The average Bonchev–Trinajstić information content (AvgIpc) is 2.38. The molecule has 4 nitrogen and oxygen atoms in total. The first-order valence-corrected chi connectivity index (χ1v) is 7.72. The average molecular weight is 341 g/mol. The molecule has 1 N–H and O–H groups in total. The Labute approximate surface area is 128 Å². The van der Waals surface area contributed by atoms with Crippen LogP contribution in [0.1, 0.15) is 22.8 Å². The van der Waals surface area contributed by atoms with Gasteiger partial charge in [-0.2, -0.15) is 0 Å². The van der Waals surface area contributed by atoms with E-state index in [0.717, 1.165) is 41.8 Å². The Hall–Kier alpha value is -0.910. The summed E-state index contributed by atoms with van der Waals surface area (Å²) >= 11 is 3.42. The van der Waals surface area contributed by atoms with Crippen molar-refractivity contribution in [3.8, 4) is 0 Å². The van der Waals surface area contributed by atoms with Gasteiger partial charge < -0.3 is 10.0 Å². The van der Waals surface area contributed by atoms with Gasteiger partial charge in [-0.25, -0.2) is 0 Å². The van der Waals surface area contributed by atoms with E-state index in [1.807, 2.05) is 30.0 Å². The third kappa shape index (κ3) is 3.81. The first-order valence-electron chi connectivity index (χ1n) is 6.93. The number of aryl methyl sites for hydroxylation is 1. The van der Waals surface area contributed by atoms with Gasteiger partial charge in [0.05, 0.1) is 6.10 Å². The van der Waals surface area contributed by atoms with E-state index < -0.39 is 0 Å². The molecule has 1 aromatic rings. The number of halogens is 1. The summed E-state index contributed by atoms with van der Waals surface area (Å²) in [6.45, 7) is 7.53. The zero-order chi connectivity index (χ0) is 14.7. The Kier molecular flexibility index (Phi) is 5.18. The Morgan fingerprint density at radius 1 is 1.35 bits per heavy atom. The molecule has 20 heavy (non-hydrogen) atoms. The third-order valence-electron chi connectivity index (χ3n) is 3.60. The van der Waals surface area contributed by atoms with Crippen LogP contribution in [0.5, 0.6) is 0 Å². The molecule has 0 aromatic heterocycles. The van der Waals surface area contributed by atoms with E-state index in [9.17, 15) is 9.90 Å². The van der Waals surface area contributed by atoms with Crippen molar-refractivity contribution >= 4 is 21.8 Å². The minimum atomic E-state index is -0.314. The van der Waals surface area contributed by atoms with Gasteiger partial charge in [-0.1, -0.05) is 15.9 Å². The molecule has 1 heterocycles. The van der Waals surface area contributed by atoms with Gasteiger partial charge in [0.25, 0.3) is 5.91 Å². The van der Waals surface area contributed by atoms with Gasteiger partial charge in [0.15, 0.2) is 0 Å². The molecule has 1 aromatic carbocycles. The number of amides is 1. The van der Waals surface area contributed by atoms with E-state index in [0.29, 0.717) is 6.54 Å². The topological polar surface area (TPSA) is 43.8 Å². The number of piperazine rings is 1. The molecule has 1 saturated heterocycles. The molecule has 2 rings (SSSR count). The predicted octanol–water partition coefficient (Wildman–Crippen LogP) is 1.90. The van der Waals surface area contributed by atoms with Crippen LogP contribution in [0, 0.1) is 6.92 Å². The Bertz CT molecular complexity index is 483. The SMILES string of the molecule is Cc1cc(Br)ccc1C(=O)N1CCN(C[C@@H](C)O)CC1. The summed E-state index contributed by atoms with van der Waals surface area (Å²) in [5, 5.41) is 9.39. The number of rotatable bonds is 3. The van der Waals surface area contributed by atoms with E-state index in [-0.39, 0.29) is 12.0 Å². The van der Waals surface area contributed by atoms with Gasteiger partial charge >= 0.3 is 0 Å². The highest BCUT2D eigenvalue weighted by Gasteiger charge is 2.23. The summed E-state index contributed by atoms with van der Waals surface area (Å²) in [6, 6.07) is 5.75. The standard InChI is InChI=1S/C15H21BrN2O2/c1-11-9-13(16)3-4-14(11)15(20)18-7-5-17(6-8-18)10-12(2)19/h3-4,9,12,19H,5-8,10H2,1-2H3/t12-/m1/s1. The molecular weight excluding hydrogens is 320 g/mol. The summed E-state index contributed by atoms with van der Waals surface area (Å²) in [5.74, 6) is 0.103. The minimum absolute atomic E-state index is 0.103. The molecule has 0 bridgehead atoms. The summed E-state index contributed by atoms with van der Waals surface area (Å²) < 4.78 is 0.994. The molecule has 0 radical (unpaired) electrons. The highest BCUT2D eigenvalue weighted by Crippen LogP contribution is 2.18. The summed E-state index contributed by atoms with van der Waals surface area (Å²) in [5.41, 5.74) is 1.77. The highest BCUT2D eigenvalue weighted by molar-refractivity contribution is 9.10. The maximum absolute atomic E-state index is 12.5. The van der Waals surface area contributed by atoms with Crippen molar-refractivity contribution in [1.82, 2.24) is 9.80 Å². The zero-order valence-corrected chi connectivity index (χ0v) is 13.6. The first kappa shape index (κ1) is 15.5. The second-order valence-electron chi connectivity index (χ2n) is 5.40. The van der Waals surface area contributed by atoms with Gasteiger partial charge in [0.1, 0.15) is 0 Å². The number of aliphatic hydroxyl groups is 1. The number of β-amino-alcohol motifs (C(OH)–C–C–N with tert-alkyl or cyclic N) is 1. The van der Waals surface area contributed by atoms with Gasteiger partial charge in [-0.05, 0) is 37.6 Å². The van der Waals surface area contributed by atoms with Gasteiger partial charge in [0.2, 0.25) is 0 Å². The largest absolute Gasteiger partial charge is 0.392 e. The van der Waals surface area contributed by atoms with Crippen LogP contribution in [-0.4, -0.2) is 59.6 Å². The fourth-order valence-corrected chi connectivity index (χ4v) is 3.02. The Balaban J connectivity index is 1.98. The van der Waals surface area contributed by atoms with Crippen molar-refractivity contribution in [3.05, 3.63) is 33.8 Å². The van der Waals surface area contributed by atoms with Gasteiger partial charge in [0, 0.05) is 42.8 Å². The van der Waals surface area contributed by atoms with Crippen molar-refractivity contribution in [3.63, 3.8) is 0 Å². The molecule has 0 saturated carbocycles. The van der Waals surface area contributed by atoms with Gasteiger partial charge in [-0.15, -0.1) is 0 Å². The molecular formula is C15H21BrN2O2. The number of carbonyl (C=O) groups is 1. The van der Waals surface area contributed by atoms with E-state index >= 15 is 0 Å². The maximum atomic E-state index is 12.5. The smallest absolute Gasteiger partial charge is 0.254 e. The highest BCUT2D eigenvalue weighted by atomic mass is 79.9. The number of hydrogen-bond acceptors (Lipinski definition) is 3. The van der Waals surface area contributed by atoms with Crippen LogP contribution in [0.2, 0.25) is 0 Å². The fraction of sp³-hybridized carbons (Fsp3) is 0.533. The maximum Gasteiger partial charge on any atom is 0.254 e. The van der Waals surface area contributed by atoms with E-state index in [1.54, 1.807) is 6.92 Å². The van der Waals surface area contributed by atoms with Crippen LogP contribution in [0.25, 0.3) is 0 Å².